The van der Waals surface area contributed by atoms with E-state index < -0.39 is 0 Å². The van der Waals surface area contributed by atoms with Crippen molar-refractivity contribution in [2.45, 2.75) is 25.9 Å². The SMILES string of the molecule is CN(C)c1ccc(C=CC2=Nc3ccc(CO)cc3C2(C)C)cc1. The highest BCUT2D eigenvalue weighted by Crippen LogP contribution is 2.41. The smallest absolute Gasteiger partial charge is 0.0681 e. The molecule has 0 bridgehead atoms. The molecule has 1 heterocycles. The van der Waals surface area contributed by atoms with Gasteiger partial charge in [0, 0.05) is 25.2 Å². The van der Waals surface area contributed by atoms with Gasteiger partial charge in [-0.25, -0.2) is 0 Å². The zero-order valence-corrected chi connectivity index (χ0v) is 14.7. The van der Waals surface area contributed by atoms with Gasteiger partial charge in [0.25, 0.3) is 0 Å². The van der Waals surface area contributed by atoms with Crippen LogP contribution in [0.1, 0.15) is 30.5 Å². The van der Waals surface area contributed by atoms with Crippen LogP contribution in [0.2, 0.25) is 0 Å². The minimum Gasteiger partial charge on any atom is -0.392 e. The fourth-order valence-electron chi connectivity index (χ4n) is 2.99. The largest absolute Gasteiger partial charge is 0.392 e. The molecule has 0 radical (unpaired) electrons. The first kappa shape index (κ1) is 16.5. The van der Waals surface area contributed by atoms with Crippen molar-refractivity contribution in [1.82, 2.24) is 0 Å². The molecule has 0 spiro atoms. The predicted octanol–water partition coefficient (Wildman–Crippen LogP) is 4.32. The number of aliphatic hydroxyl groups is 1. The third-order valence-electron chi connectivity index (χ3n) is 4.64. The summed E-state index contributed by atoms with van der Waals surface area (Å²) in [5.41, 5.74) is 6.35. The molecule has 3 nitrogen and oxygen atoms in total. The molecule has 0 aromatic heterocycles. The van der Waals surface area contributed by atoms with Crippen LogP contribution in [0.15, 0.2) is 53.5 Å². The lowest BCUT2D eigenvalue weighted by atomic mass is 9.80. The number of nitrogens with zero attached hydrogens (tertiary/aromatic N) is 2. The summed E-state index contributed by atoms with van der Waals surface area (Å²) in [5, 5.41) is 9.36. The predicted molar refractivity (Wildman–Crippen MR) is 102 cm³/mol. The molecule has 0 saturated carbocycles. The van der Waals surface area contributed by atoms with Gasteiger partial charge in [0.1, 0.15) is 0 Å². The lowest BCUT2D eigenvalue weighted by Crippen LogP contribution is -2.23. The summed E-state index contributed by atoms with van der Waals surface area (Å²) in [6.07, 6.45) is 4.21. The van der Waals surface area contributed by atoms with E-state index in [1.807, 2.05) is 26.2 Å². The summed E-state index contributed by atoms with van der Waals surface area (Å²) >= 11 is 0. The van der Waals surface area contributed by atoms with Crippen molar-refractivity contribution < 1.29 is 5.11 Å². The Morgan fingerprint density at radius 1 is 1.04 bits per heavy atom. The summed E-state index contributed by atoms with van der Waals surface area (Å²) < 4.78 is 0. The Kier molecular flexibility index (Phi) is 4.29. The van der Waals surface area contributed by atoms with E-state index in [2.05, 4.69) is 61.2 Å². The summed E-state index contributed by atoms with van der Waals surface area (Å²) in [6, 6.07) is 14.5. The average Bonchev–Trinajstić information content (AvgIpc) is 2.83. The minimum absolute atomic E-state index is 0.0623. The summed E-state index contributed by atoms with van der Waals surface area (Å²) in [5.74, 6) is 0. The first-order valence-corrected chi connectivity index (χ1v) is 8.21. The second-order valence-corrected chi connectivity index (χ2v) is 6.95. The van der Waals surface area contributed by atoms with Crippen molar-refractivity contribution in [2.75, 3.05) is 19.0 Å². The number of hydrogen-bond acceptors (Lipinski definition) is 3. The van der Waals surface area contributed by atoms with Crippen LogP contribution >= 0.6 is 0 Å². The van der Waals surface area contributed by atoms with Gasteiger partial charge in [0.15, 0.2) is 0 Å². The fourth-order valence-corrected chi connectivity index (χ4v) is 2.99. The molecular formula is C21H24N2O. The third kappa shape index (κ3) is 3.00. The van der Waals surface area contributed by atoms with Gasteiger partial charge >= 0.3 is 0 Å². The van der Waals surface area contributed by atoms with Gasteiger partial charge in [0.05, 0.1) is 18.0 Å². The lowest BCUT2D eigenvalue weighted by molar-refractivity contribution is 0.281. The summed E-state index contributed by atoms with van der Waals surface area (Å²) in [4.78, 5) is 6.87. The first-order valence-electron chi connectivity index (χ1n) is 8.21. The Bertz CT molecular complexity index is 799. The fraction of sp³-hybridized carbons (Fsp3) is 0.286. The zero-order valence-electron chi connectivity index (χ0n) is 14.7. The molecule has 0 fully saturated rings. The number of rotatable bonds is 4. The van der Waals surface area contributed by atoms with E-state index in [9.17, 15) is 5.11 Å². The first-order chi connectivity index (χ1) is 11.4. The number of anilines is 1. The van der Waals surface area contributed by atoms with Crippen molar-refractivity contribution in [1.29, 1.82) is 0 Å². The van der Waals surface area contributed by atoms with Gasteiger partial charge in [-0.3, -0.25) is 4.99 Å². The van der Waals surface area contributed by atoms with Crippen molar-refractivity contribution in [2.24, 2.45) is 4.99 Å². The van der Waals surface area contributed by atoms with Crippen LogP contribution < -0.4 is 4.90 Å². The van der Waals surface area contributed by atoms with E-state index in [4.69, 9.17) is 4.99 Å². The lowest BCUT2D eigenvalue weighted by Gasteiger charge is -2.20. The van der Waals surface area contributed by atoms with Crippen LogP contribution in [0.3, 0.4) is 0 Å². The molecular weight excluding hydrogens is 296 g/mol. The number of aliphatic hydroxyl groups excluding tert-OH is 1. The Labute approximate surface area is 144 Å². The highest BCUT2D eigenvalue weighted by molar-refractivity contribution is 6.10. The number of fused-ring (bicyclic) bond motifs is 1. The highest BCUT2D eigenvalue weighted by Gasteiger charge is 2.33. The average molecular weight is 320 g/mol. The van der Waals surface area contributed by atoms with Gasteiger partial charge in [-0.15, -0.1) is 0 Å². The monoisotopic (exact) mass is 320 g/mol. The van der Waals surface area contributed by atoms with E-state index >= 15 is 0 Å². The molecule has 3 rings (SSSR count). The van der Waals surface area contributed by atoms with Crippen molar-refractivity contribution in [3.05, 3.63) is 65.2 Å². The van der Waals surface area contributed by atoms with Gasteiger partial charge < -0.3 is 10.0 Å². The van der Waals surface area contributed by atoms with Crippen molar-refractivity contribution in [3.63, 3.8) is 0 Å². The van der Waals surface area contributed by atoms with Gasteiger partial charge in [-0.1, -0.05) is 44.2 Å². The van der Waals surface area contributed by atoms with Crippen LogP contribution in [-0.2, 0) is 12.0 Å². The Hall–Kier alpha value is -2.39. The van der Waals surface area contributed by atoms with Crippen molar-refractivity contribution >= 4 is 23.2 Å². The molecule has 0 aliphatic carbocycles. The third-order valence-corrected chi connectivity index (χ3v) is 4.64. The Morgan fingerprint density at radius 2 is 1.75 bits per heavy atom. The maximum Gasteiger partial charge on any atom is 0.0681 e. The van der Waals surface area contributed by atoms with Crippen LogP contribution in [0.5, 0.6) is 0 Å². The Morgan fingerprint density at radius 3 is 2.38 bits per heavy atom. The number of hydrogen-bond donors (Lipinski definition) is 1. The molecule has 0 unspecified atom stereocenters. The molecule has 1 aliphatic heterocycles. The van der Waals surface area contributed by atoms with Crippen molar-refractivity contribution in [3.8, 4) is 0 Å². The topological polar surface area (TPSA) is 35.8 Å². The summed E-state index contributed by atoms with van der Waals surface area (Å²) in [6.45, 7) is 4.42. The molecule has 24 heavy (non-hydrogen) atoms. The molecule has 0 amide bonds. The van der Waals surface area contributed by atoms with Crippen LogP contribution in [0.25, 0.3) is 6.08 Å². The van der Waals surface area contributed by atoms with Crippen LogP contribution in [0.4, 0.5) is 11.4 Å². The minimum atomic E-state index is -0.152. The molecule has 124 valence electrons. The maximum absolute atomic E-state index is 9.36. The molecule has 0 saturated heterocycles. The molecule has 0 atom stereocenters. The highest BCUT2D eigenvalue weighted by atomic mass is 16.3. The van der Waals surface area contributed by atoms with E-state index in [0.717, 1.165) is 22.5 Å². The molecule has 2 aromatic rings. The van der Waals surface area contributed by atoms with E-state index in [-0.39, 0.29) is 12.0 Å². The number of aliphatic imine (C=N–C) groups is 1. The van der Waals surface area contributed by atoms with E-state index in [1.165, 1.54) is 11.3 Å². The number of benzene rings is 2. The molecule has 1 N–H and O–H groups in total. The van der Waals surface area contributed by atoms with Gasteiger partial charge in [0.2, 0.25) is 0 Å². The summed E-state index contributed by atoms with van der Waals surface area (Å²) in [7, 11) is 4.08. The maximum atomic E-state index is 9.36. The van der Waals surface area contributed by atoms with Gasteiger partial charge in [-0.05, 0) is 41.0 Å². The van der Waals surface area contributed by atoms with E-state index in [0.29, 0.717) is 0 Å². The molecule has 1 aliphatic rings. The normalized spacial score (nSPS) is 15.5. The van der Waals surface area contributed by atoms with Crippen LogP contribution in [0, 0.1) is 0 Å². The quantitative estimate of drug-likeness (QED) is 0.910. The Balaban J connectivity index is 1.85. The van der Waals surface area contributed by atoms with Gasteiger partial charge in [-0.2, -0.15) is 0 Å². The molecule has 3 heteroatoms. The zero-order chi connectivity index (χ0) is 17.3. The number of allylic oxidation sites excluding steroid dienone is 1. The second kappa shape index (κ2) is 6.25. The van der Waals surface area contributed by atoms with Crippen LogP contribution in [-0.4, -0.2) is 24.9 Å². The van der Waals surface area contributed by atoms with E-state index in [1.54, 1.807) is 0 Å². The molecule has 2 aromatic carbocycles. The second-order valence-electron chi connectivity index (χ2n) is 6.95. The standard InChI is InChI=1S/C21H24N2O/c1-21(2)18-13-16(14-24)7-11-19(18)22-20(21)12-8-15-5-9-17(10-6-15)23(3)4/h5-13,24H,14H2,1-4H3.